The van der Waals surface area contributed by atoms with Crippen LogP contribution in [-0.4, -0.2) is 72.3 Å². The van der Waals surface area contributed by atoms with Crippen molar-refractivity contribution in [1.29, 1.82) is 0 Å². The molecular weight excluding hydrogens is 450 g/mol. The lowest BCUT2D eigenvalue weighted by atomic mass is 9.98. The fraction of sp³-hybridized carbons (Fsp3) is 0.440. The minimum Gasteiger partial charge on any atom is -0.353 e. The van der Waals surface area contributed by atoms with Gasteiger partial charge in [0, 0.05) is 69.1 Å². The number of aromatic nitrogens is 2. The van der Waals surface area contributed by atoms with Crippen molar-refractivity contribution < 1.29 is 13.2 Å². The Hall–Kier alpha value is -2.91. The third-order valence-corrected chi connectivity index (χ3v) is 8.88. The van der Waals surface area contributed by atoms with E-state index in [0.717, 1.165) is 42.8 Å². The molecule has 3 aromatic rings. The zero-order chi connectivity index (χ0) is 23.7. The number of piperazine rings is 1. The monoisotopic (exact) mass is 481 g/mol. The van der Waals surface area contributed by atoms with Crippen LogP contribution in [-0.2, 0) is 21.4 Å². The van der Waals surface area contributed by atoms with Crippen LogP contribution in [0.3, 0.4) is 0 Å². The second kappa shape index (κ2) is 9.38. The highest BCUT2D eigenvalue weighted by atomic mass is 32.2. The van der Waals surface area contributed by atoms with Crippen LogP contribution in [0.1, 0.15) is 19.8 Å². The van der Waals surface area contributed by atoms with Gasteiger partial charge in [-0.3, -0.25) is 4.79 Å². The van der Waals surface area contributed by atoms with Gasteiger partial charge in [-0.15, -0.1) is 0 Å². The summed E-state index contributed by atoms with van der Waals surface area (Å²) in [7, 11) is -3.66. The Labute approximate surface area is 200 Å². The molecule has 5 rings (SSSR count). The van der Waals surface area contributed by atoms with Crippen molar-refractivity contribution >= 4 is 32.7 Å². The molecule has 4 heterocycles. The first kappa shape index (κ1) is 22.9. The Morgan fingerprint density at radius 3 is 2.62 bits per heavy atom. The number of piperidine rings is 1. The van der Waals surface area contributed by atoms with Crippen molar-refractivity contribution in [3.63, 3.8) is 0 Å². The van der Waals surface area contributed by atoms with Crippen LogP contribution in [0.4, 0.5) is 5.82 Å². The molecule has 2 fully saturated rings. The molecule has 0 aliphatic carbocycles. The molecule has 0 N–H and O–H groups in total. The maximum atomic E-state index is 13.4. The zero-order valence-corrected chi connectivity index (χ0v) is 20.3. The van der Waals surface area contributed by atoms with Gasteiger partial charge in [-0.2, -0.15) is 4.31 Å². The minimum absolute atomic E-state index is 0.0658. The molecule has 2 aliphatic rings. The number of benzene rings is 1. The summed E-state index contributed by atoms with van der Waals surface area (Å²) in [6.07, 6.45) is 5.17. The predicted molar refractivity (Wildman–Crippen MR) is 132 cm³/mol. The minimum atomic E-state index is -3.66. The van der Waals surface area contributed by atoms with E-state index >= 15 is 0 Å². The molecular formula is C25H31N5O3S. The van der Waals surface area contributed by atoms with Gasteiger partial charge in [0.25, 0.3) is 0 Å². The third kappa shape index (κ3) is 4.30. The van der Waals surface area contributed by atoms with E-state index in [1.165, 1.54) is 4.31 Å². The van der Waals surface area contributed by atoms with Gasteiger partial charge in [-0.05, 0) is 56.2 Å². The largest absolute Gasteiger partial charge is 0.353 e. The van der Waals surface area contributed by atoms with Gasteiger partial charge < -0.3 is 14.4 Å². The van der Waals surface area contributed by atoms with Gasteiger partial charge in [0.1, 0.15) is 5.82 Å². The summed E-state index contributed by atoms with van der Waals surface area (Å²) in [5.74, 6) is 0.696. The topological polar surface area (TPSA) is 78.8 Å². The number of pyridine rings is 1. The van der Waals surface area contributed by atoms with Crippen molar-refractivity contribution in [3.05, 3.63) is 54.9 Å². The van der Waals surface area contributed by atoms with Crippen LogP contribution in [0.5, 0.6) is 0 Å². The Bertz CT molecular complexity index is 1270. The van der Waals surface area contributed by atoms with E-state index in [1.807, 2.05) is 41.4 Å². The molecule has 0 unspecified atom stereocenters. The molecule has 0 bridgehead atoms. The molecule has 2 aliphatic heterocycles. The van der Waals surface area contributed by atoms with Crippen LogP contribution < -0.4 is 4.90 Å². The average Bonchev–Trinajstić information content (AvgIpc) is 3.31. The van der Waals surface area contributed by atoms with E-state index in [0.29, 0.717) is 31.0 Å². The van der Waals surface area contributed by atoms with Crippen LogP contribution in [0, 0.1) is 5.92 Å². The standard InChI is InChI=1S/C25H31N5O3S/c1-2-27-13-10-20-18-22(8-9-23(20)27)34(32,33)30-12-5-6-21(19-30)25(31)29-16-14-28(15-17-29)24-7-3-4-11-26-24/h3-4,7-11,13,18,21H,2,5-6,12,14-17,19H2,1H3/t21-/m0/s1. The molecule has 9 heteroatoms. The lowest BCUT2D eigenvalue weighted by Crippen LogP contribution is -2.53. The van der Waals surface area contributed by atoms with E-state index in [4.69, 9.17) is 0 Å². The summed E-state index contributed by atoms with van der Waals surface area (Å²) < 4.78 is 30.5. The summed E-state index contributed by atoms with van der Waals surface area (Å²) in [4.78, 5) is 22.1. The van der Waals surface area contributed by atoms with Crippen LogP contribution in [0.25, 0.3) is 10.9 Å². The molecule has 2 saturated heterocycles. The third-order valence-electron chi connectivity index (χ3n) is 7.02. The number of carbonyl (C=O) groups excluding carboxylic acids is 1. The number of carbonyl (C=O) groups is 1. The first-order valence-electron chi connectivity index (χ1n) is 12.0. The number of aryl methyl sites for hydroxylation is 1. The molecule has 180 valence electrons. The second-order valence-corrected chi connectivity index (χ2v) is 11.0. The lowest BCUT2D eigenvalue weighted by Gasteiger charge is -2.39. The molecule has 34 heavy (non-hydrogen) atoms. The average molecular weight is 482 g/mol. The number of sulfonamides is 1. The fourth-order valence-corrected chi connectivity index (χ4v) is 6.64. The number of fused-ring (bicyclic) bond motifs is 1. The highest BCUT2D eigenvalue weighted by Crippen LogP contribution is 2.28. The number of hydrogen-bond donors (Lipinski definition) is 0. The maximum Gasteiger partial charge on any atom is 0.243 e. The first-order valence-corrected chi connectivity index (χ1v) is 13.4. The quantitative estimate of drug-likeness (QED) is 0.560. The van der Waals surface area contributed by atoms with Crippen LogP contribution in [0.2, 0.25) is 0 Å². The number of nitrogens with zero attached hydrogens (tertiary/aromatic N) is 5. The highest BCUT2D eigenvalue weighted by molar-refractivity contribution is 7.89. The fourth-order valence-electron chi connectivity index (χ4n) is 5.08. The predicted octanol–water partition coefficient (Wildman–Crippen LogP) is 2.81. The number of rotatable bonds is 5. The maximum absolute atomic E-state index is 13.4. The van der Waals surface area contributed by atoms with Crippen molar-refractivity contribution in [2.24, 2.45) is 5.92 Å². The van der Waals surface area contributed by atoms with E-state index in [2.05, 4.69) is 21.4 Å². The Kier molecular flexibility index (Phi) is 6.31. The molecule has 0 saturated carbocycles. The van der Waals surface area contributed by atoms with Gasteiger partial charge in [0.2, 0.25) is 15.9 Å². The highest BCUT2D eigenvalue weighted by Gasteiger charge is 2.36. The van der Waals surface area contributed by atoms with E-state index in [9.17, 15) is 13.2 Å². The van der Waals surface area contributed by atoms with Gasteiger partial charge in [0.05, 0.1) is 10.8 Å². The summed E-state index contributed by atoms with van der Waals surface area (Å²) in [6.45, 7) is 6.32. The second-order valence-electron chi connectivity index (χ2n) is 9.02. The lowest BCUT2D eigenvalue weighted by molar-refractivity contribution is -0.137. The van der Waals surface area contributed by atoms with Gasteiger partial charge >= 0.3 is 0 Å². The number of hydrogen-bond acceptors (Lipinski definition) is 5. The van der Waals surface area contributed by atoms with Crippen molar-refractivity contribution in [3.8, 4) is 0 Å². The van der Waals surface area contributed by atoms with Gasteiger partial charge in [-0.1, -0.05) is 6.07 Å². The molecule has 2 aromatic heterocycles. The van der Waals surface area contributed by atoms with E-state index < -0.39 is 10.0 Å². The zero-order valence-electron chi connectivity index (χ0n) is 19.5. The Balaban J connectivity index is 1.26. The molecule has 1 atom stereocenters. The van der Waals surface area contributed by atoms with Gasteiger partial charge in [-0.25, -0.2) is 13.4 Å². The van der Waals surface area contributed by atoms with Crippen molar-refractivity contribution in [2.75, 3.05) is 44.2 Å². The molecule has 1 amide bonds. The number of anilines is 1. The molecule has 8 nitrogen and oxygen atoms in total. The summed E-state index contributed by atoms with van der Waals surface area (Å²) in [6, 6.07) is 13.1. The molecule has 0 spiro atoms. The summed E-state index contributed by atoms with van der Waals surface area (Å²) >= 11 is 0. The van der Waals surface area contributed by atoms with E-state index in [-0.39, 0.29) is 18.4 Å². The normalized spacial score (nSPS) is 20.1. The van der Waals surface area contributed by atoms with Crippen molar-refractivity contribution in [1.82, 2.24) is 18.8 Å². The smallest absolute Gasteiger partial charge is 0.243 e. The Morgan fingerprint density at radius 1 is 1.06 bits per heavy atom. The van der Waals surface area contributed by atoms with E-state index in [1.54, 1.807) is 18.3 Å². The first-order chi connectivity index (χ1) is 16.5. The van der Waals surface area contributed by atoms with Gasteiger partial charge in [0.15, 0.2) is 0 Å². The molecule has 1 aromatic carbocycles. The molecule has 0 radical (unpaired) electrons. The summed E-state index contributed by atoms with van der Waals surface area (Å²) in [5.41, 5.74) is 1.03. The van der Waals surface area contributed by atoms with Crippen molar-refractivity contribution in [2.45, 2.75) is 31.2 Å². The number of amides is 1. The Morgan fingerprint density at radius 2 is 1.88 bits per heavy atom. The van der Waals surface area contributed by atoms with Crippen LogP contribution >= 0.6 is 0 Å². The van der Waals surface area contributed by atoms with Crippen LogP contribution in [0.15, 0.2) is 59.8 Å². The summed E-state index contributed by atoms with van der Waals surface area (Å²) in [5, 5.41) is 0.915. The SMILES string of the molecule is CCn1ccc2cc(S(=O)(=O)N3CCC[C@H](C(=O)N4CCN(c5ccccn5)CC4)C3)ccc21.